The van der Waals surface area contributed by atoms with E-state index in [9.17, 15) is 14.0 Å². The lowest BCUT2D eigenvalue weighted by atomic mass is 10.1. The van der Waals surface area contributed by atoms with Gasteiger partial charge in [-0.05, 0) is 57.5 Å². The fourth-order valence-electron chi connectivity index (χ4n) is 3.23. The van der Waals surface area contributed by atoms with E-state index in [-0.39, 0.29) is 23.8 Å². The molecule has 28 heavy (non-hydrogen) atoms. The Bertz CT molecular complexity index is 1030. The van der Waals surface area contributed by atoms with Crippen molar-refractivity contribution in [2.24, 2.45) is 0 Å². The average molecular weight is 384 g/mol. The third kappa shape index (κ3) is 3.60. The van der Waals surface area contributed by atoms with Gasteiger partial charge in [0, 0.05) is 22.6 Å². The minimum absolute atomic E-state index is 0.270. The van der Waals surface area contributed by atoms with Crippen molar-refractivity contribution in [2.75, 3.05) is 6.61 Å². The minimum Gasteiger partial charge on any atom is -0.454 e. The molecule has 0 spiro atoms. The van der Waals surface area contributed by atoms with Gasteiger partial charge in [-0.15, -0.1) is 0 Å². The van der Waals surface area contributed by atoms with Gasteiger partial charge in [0.25, 0.3) is 0 Å². The number of carbonyl (C=O) groups is 2. The molecule has 0 saturated carbocycles. The smallest absolute Gasteiger partial charge is 0.344 e. The second kappa shape index (κ2) is 7.80. The summed E-state index contributed by atoms with van der Waals surface area (Å²) in [5.74, 6) is -0.910. The normalized spacial score (nSPS) is 10.9. The molecule has 0 aliphatic rings. The SMILES string of the molecule is CCc1noc(C)c1C(=O)OCC(=O)c1cc(C)n(-c2ccc(F)cc2)c1C. The van der Waals surface area contributed by atoms with Gasteiger partial charge in [0.1, 0.15) is 17.1 Å². The molecule has 146 valence electrons. The summed E-state index contributed by atoms with van der Waals surface area (Å²) in [4.78, 5) is 25.0. The standard InChI is InChI=1S/C21H21FN2O4/c1-5-18-20(14(4)28-23-18)21(26)27-11-19(25)17-10-12(2)24(13(17)3)16-8-6-15(22)7-9-16/h6-10H,5,11H2,1-4H3. The van der Waals surface area contributed by atoms with Gasteiger partial charge in [0.05, 0.1) is 5.69 Å². The van der Waals surface area contributed by atoms with Crippen LogP contribution < -0.4 is 0 Å². The van der Waals surface area contributed by atoms with Crippen LogP contribution >= 0.6 is 0 Å². The van der Waals surface area contributed by atoms with Gasteiger partial charge in [-0.2, -0.15) is 0 Å². The van der Waals surface area contributed by atoms with Gasteiger partial charge in [0.2, 0.25) is 5.78 Å². The molecule has 0 fully saturated rings. The van der Waals surface area contributed by atoms with Gasteiger partial charge in [-0.25, -0.2) is 9.18 Å². The van der Waals surface area contributed by atoms with E-state index in [0.29, 0.717) is 29.1 Å². The van der Waals surface area contributed by atoms with E-state index in [2.05, 4.69) is 5.16 Å². The Morgan fingerprint density at radius 1 is 1.18 bits per heavy atom. The molecule has 0 aliphatic carbocycles. The molecule has 0 N–H and O–H groups in total. The van der Waals surface area contributed by atoms with E-state index in [1.165, 1.54) is 12.1 Å². The minimum atomic E-state index is -0.628. The van der Waals surface area contributed by atoms with E-state index < -0.39 is 5.97 Å². The maximum absolute atomic E-state index is 13.2. The van der Waals surface area contributed by atoms with Crippen molar-refractivity contribution in [3.63, 3.8) is 0 Å². The van der Waals surface area contributed by atoms with Crippen LogP contribution in [0.15, 0.2) is 34.9 Å². The van der Waals surface area contributed by atoms with E-state index in [4.69, 9.17) is 9.26 Å². The molecule has 0 atom stereocenters. The quantitative estimate of drug-likeness (QED) is 0.472. The average Bonchev–Trinajstić information content (AvgIpc) is 3.19. The summed E-state index contributed by atoms with van der Waals surface area (Å²) in [6.07, 6.45) is 0.522. The molecule has 0 bridgehead atoms. The number of benzene rings is 1. The van der Waals surface area contributed by atoms with Crippen molar-refractivity contribution in [2.45, 2.75) is 34.1 Å². The third-order valence-corrected chi connectivity index (χ3v) is 4.62. The predicted molar refractivity (Wildman–Crippen MR) is 100 cm³/mol. The van der Waals surface area contributed by atoms with Crippen LogP contribution in [0.5, 0.6) is 0 Å². The van der Waals surface area contributed by atoms with E-state index in [1.807, 2.05) is 18.4 Å². The Kier molecular flexibility index (Phi) is 5.44. The molecule has 6 nitrogen and oxygen atoms in total. The predicted octanol–water partition coefficient (Wildman–Crippen LogP) is 4.13. The van der Waals surface area contributed by atoms with Crippen LogP contribution in [0, 0.1) is 26.6 Å². The highest BCUT2D eigenvalue weighted by molar-refractivity contribution is 6.01. The van der Waals surface area contributed by atoms with Crippen LogP contribution in [0.25, 0.3) is 5.69 Å². The summed E-state index contributed by atoms with van der Waals surface area (Å²) in [7, 11) is 0. The number of rotatable bonds is 6. The van der Waals surface area contributed by atoms with Gasteiger partial charge in [-0.3, -0.25) is 4.79 Å². The number of aromatic nitrogens is 2. The number of Topliss-reactive ketones (excluding diaryl/α,β-unsaturated/α-hetero) is 1. The first-order valence-electron chi connectivity index (χ1n) is 8.93. The monoisotopic (exact) mass is 384 g/mol. The largest absolute Gasteiger partial charge is 0.454 e. The van der Waals surface area contributed by atoms with Gasteiger partial charge >= 0.3 is 5.97 Å². The van der Waals surface area contributed by atoms with Crippen LogP contribution in [0.3, 0.4) is 0 Å². The zero-order chi connectivity index (χ0) is 20.4. The molecule has 0 radical (unpaired) electrons. The maximum Gasteiger partial charge on any atom is 0.344 e. The van der Waals surface area contributed by atoms with Gasteiger partial charge in [0.15, 0.2) is 6.61 Å². The lowest BCUT2D eigenvalue weighted by Crippen LogP contribution is -2.16. The fourth-order valence-corrected chi connectivity index (χ4v) is 3.23. The molecule has 3 aromatic rings. The van der Waals surface area contributed by atoms with Crippen LogP contribution in [0.1, 0.15) is 50.5 Å². The summed E-state index contributed by atoms with van der Waals surface area (Å²) < 4.78 is 25.3. The van der Waals surface area contributed by atoms with Gasteiger partial charge in [-0.1, -0.05) is 12.1 Å². The van der Waals surface area contributed by atoms with Crippen molar-refractivity contribution < 1.29 is 23.2 Å². The highest BCUT2D eigenvalue weighted by Gasteiger charge is 2.23. The Morgan fingerprint density at radius 2 is 1.86 bits per heavy atom. The molecule has 2 heterocycles. The van der Waals surface area contributed by atoms with Crippen LogP contribution in [-0.4, -0.2) is 28.1 Å². The summed E-state index contributed by atoms with van der Waals surface area (Å²) in [6.45, 7) is 6.74. The molecule has 2 aromatic heterocycles. The molecule has 0 aliphatic heterocycles. The van der Waals surface area contributed by atoms with Crippen molar-refractivity contribution in [3.8, 4) is 5.69 Å². The number of aryl methyl sites for hydroxylation is 3. The van der Waals surface area contributed by atoms with Gasteiger partial charge < -0.3 is 13.8 Å². The number of hydrogen-bond acceptors (Lipinski definition) is 5. The van der Waals surface area contributed by atoms with Crippen molar-refractivity contribution in [3.05, 3.63) is 70.1 Å². The first kappa shape index (κ1) is 19.5. The molecule has 1 aromatic carbocycles. The number of ether oxygens (including phenoxy) is 1. The van der Waals surface area contributed by atoms with Crippen LogP contribution in [-0.2, 0) is 11.2 Å². The fraction of sp³-hybridized carbons (Fsp3) is 0.286. The molecular weight excluding hydrogens is 363 g/mol. The molecule has 3 rings (SSSR count). The number of carbonyl (C=O) groups excluding carboxylic acids is 2. The summed E-state index contributed by atoms with van der Waals surface area (Å²) >= 11 is 0. The lowest BCUT2D eigenvalue weighted by Gasteiger charge is -2.10. The first-order valence-corrected chi connectivity index (χ1v) is 8.93. The highest BCUT2D eigenvalue weighted by Crippen LogP contribution is 2.22. The van der Waals surface area contributed by atoms with Crippen molar-refractivity contribution in [1.29, 1.82) is 0 Å². The summed E-state index contributed by atoms with van der Waals surface area (Å²) in [6, 6.07) is 7.75. The second-order valence-electron chi connectivity index (χ2n) is 6.51. The van der Waals surface area contributed by atoms with Crippen LogP contribution in [0.2, 0.25) is 0 Å². The Balaban J connectivity index is 1.78. The second-order valence-corrected chi connectivity index (χ2v) is 6.51. The Labute approximate surface area is 161 Å². The molecular formula is C21H21FN2O4. The number of ketones is 1. The first-order chi connectivity index (χ1) is 13.3. The topological polar surface area (TPSA) is 74.3 Å². The Morgan fingerprint density at radius 3 is 2.50 bits per heavy atom. The zero-order valence-electron chi connectivity index (χ0n) is 16.2. The van der Waals surface area contributed by atoms with Crippen molar-refractivity contribution >= 4 is 11.8 Å². The molecule has 0 saturated heterocycles. The molecule has 0 amide bonds. The number of halogens is 1. The summed E-state index contributed by atoms with van der Waals surface area (Å²) in [5.41, 5.74) is 3.49. The maximum atomic E-state index is 13.2. The summed E-state index contributed by atoms with van der Waals surface area (Å²) in [5, 5.41) is 3.82. The third-order valence-electron chi connectivity index (χ3n) is 4.62. The Hall–Kier alpha value is -3.22. The van der Waals surface area contributed by atoms with Crippen LogP contribution in [0.4, 0.5) is 4.39 Å². The van der Waals surface area contributed by atoms with Crippen molar-refractivity contribution in [1.82, 2.24) is 9.72 Å². The number of nitrogens with zero attached hydrogens (tertiary/aromatic N) is 2. The zero-order valence-corrected chi connectivity index (χ0v) is 16.2. The lowest BCUT2D eigenvalue weighted by molar-refractivity contribution is 0.0472. The number of esters is 1. The molecule has 0 unspecified atom stereocenters. The van der Waals surface area contributed by atoms with E-state index in [1.54, 1.807) is 32.0 Å². The van der Waals surface area contributed by atoms with E-state index in [0.717, 1.165) is 11.4 Å². The highest BCUT2D eigenvalue weighted by atomic mass is 19.1. The number of hydrogen-bond donors (Lipinski definition) is 0. The molecule has 7 heteroatoms. The van der Waals surface area contributed by atoms with E-state index >= 15 is 0 Å².